The molecule has 3 nitrogen and oxygen atoms in total. The summed E-state index contributed by atoms with van der Waals surface area (Å²) in [5.74, 6) is 0.521. The zero-order valence-corrected chi connectivity index (χ0v) is 9.42. The highest BCUT2D eigenvalue weighted by molar-refractivity contribution is 5.84. The average molecular weight is 199 g/mol. The Balaban J connectivity index is 2.47. The molecule has 0 atom stereocenters. The van der Waals surface area contributed by atoms with Crippen molar-refractivity contribution < 1.29 is 9.90 Å². The molecule has 0 aromatic carbocycles. The lowest BCUT2D eigenvalue weighted by atomic mass is 9.85. The Morgan fingerprint density at radius 2 is 2.07 bits per heavy atom. The SMILES string of the molecule is CCN(CC1CCC1)C(=O)C(C)(C)O. The highest BCUT2D eigenvalue weighted by atomic mass is 16.3. The van der Waals surface area contributed by atoms with Gasteiger partial charge in [0.15, 0.2) is 0 Å². The highest BCUT2D eigenvalue weighted by Crippen LogP contribution is 2.27. The summed E-state index contributed by atoms with van der Waals surface area (Å²) < 4.78 is 0. The molecule has 1 saturated carbocycles. The number of amides is 1. The normalized spacial score (nSPS) is 17.7. The van der Waals surface area contributed by atoms with Crippen molar-refractivity contribution in [2.75, 3.05) is 13.1 Å². The lowest BCUT2D eigenvalue weighted by Gasteiger charge is -2.34. The Morgan fingerprint density at radius 3 is 2.36 bits per heavy atom. The summed E-state index contributed by atoms with van der Waals surface area (Å²) in [4.78, 5) is 13.5. The van der Waals surface area contributed by atoms with Gasteiger partial charge < -0.3 is 10.0 Å². The second-order valence-corrected chi connectivity index (χ2v) is 4.70. The van der Waals surface area contributed by atoms with E-state index in [-0.39, 0.29) is 5.91 Å². The maximum atomic E-state index is 11.7. The number of carbonyl (C=O) groups excluding carboxylic acids is 1. The van der Waals surface area contributed by atoms with Gasteiger partial charge in [-0.15, -0.1) is 0 Å². The van der Waals surface area contributed by atoms with Gasteiger partial charge in [-0.25, -0.2) is 0 Å². The van der Waals surface area contributed by atoms with Crippen molar-refractivity contribution in [1.29, 1.82) is 0 Å². The van der Waals surface area contributed by atoms with E-state index in [2.05, 4.69) is 0 Å². The molecule has 3 heteroatoms. The van der Waals surface area contributed by atoms with E-state index in [4.69, 9.17) is 0 Å². The molecule has 82 valence electrons. The van der Waals surface area contributed by atoms with Gasteiger partial charge in [0.25, 0.3) is 5.91 Å². The summed E-state index contributed by atoms with van der Waals surface area (Å²) >= 11 is 0. The lowest BCUT2D eigenvalue weighted by Crippen LogP contribution is -2.47. The maximum Gasteiger partial charge on any atom is 0.253 e. The van der Waals surface area contributed by atoms with Crippen LogP contribution in [0.5, 0.6) is 0 Å². The second kappa shape index (κ2) is 4.30. The van der Waals surface area contributed by atoms with Crippen LogP contribution < -0.4 is 0 Å². The van der Waals surface area contributed by atoms with Crippen LogP contribution in [0.25, 0.3) is 0 Å². The Bertz CT molecular complexity index is 204. The van der Waals surface area contributed by atoms with Gasteiger partial charge in [0.05, 0.1) is 0 Å². The molecule has 0 aliphatic heterocycles. The average Bonchev–Trinajstić information content (AvgIpc) is 2.00. The van der Waals surface area contributed by atoms with Crippen molar-refractivity contribution in [1.82, 2.24) is 4.90 Å². The number of rotatable bonds is 4. The Morgan fingerprint density at radius 1 is 1.50 bits per heavy atom. The van der Waals surface area contributed by atoms with Crippen molar-refractivity contribution in [3.63, 3.8) is 0 Å². The highest BCUT2D eigenvalue weighted by Gasteiger charge is 2.31. The van der Waals surface area contributed by atoms with E-state index >= 15 is 0 Å². The fourth-order valence-electron chi connectivity index (χ4n) is 1.73. The van der Waals surface area contributed by atoms with Crippen molar-refractivity contribution >= 4 is 5.91 Å². The van der Waals surface area contributed by atoms with Crippen LogP contribution in [0.4, 0.5) is 0 Å². The largest absolute Gasteiger partial charge is 0.381 e. The van der Waals surface area contributed by atoms with Crippen molar-refractivity contribution in [3.05, 3.63) is 0 Å². The predicted octanol–water partition coefficient (Wildman–Crippen LogP) is 1.41. The van der Waals surface area contributed by atoms with E-state index in [9.17, 15) is 9.90 Å². The van der Waals surface area contributed by atoms with Crippen LogP contribution in [0.15, 0.2) is 0 Å². The maximum absolute atomic E-state index is 11.7. The molecule has 0 aromatic rings. The first-order chi connectivity index (χ1) is 6.45. The Hall–Kier alpha value is -0.570. The van der Waals surface area contributed by atoms with Crippen LogP contribution in [0.2, 0.25) is 0 Å². The van der Waals surface area contributed by atoms with E-state index in [0.29, 0.717) is 12.5 Å². The Labute approximate surface area is 86.1 Å². The van der Waals surface area contributed by atoms with Crippen LogP contribution in [0.1, 0.15) is 40.0 Å². The minimum Gasteiger partial charge on any atom is -0.381 e. The van der Waals surface area contributed by atoms with E-state index in [1.165, 1.54) is 19.3 Å². The standard InChI is InChI=1S/C11H21NO2/c1-4-12(8-9-6-5-7-9)10(13)11(2,3)14/h9,14H,4-8H2,1-3H3. The van der Waals surface area contributed by atoms with E-state index < -0.39 is 5.60 Å². The summed E-state index contributed by atoms with van der Waals surface area (Å²) in [6, 6.07) is 0. The Kier molecular flexibility index (Phi) is 3.53. The first-order valence-corrected chi connectivity index (χ1v) is 5.47. The number of nitrogens with zero attached hydrogens (tertiary/aromatic N) is 1. The molecule has 0 spiro atoms. The molecule has 0 bridgehead atoms. The van der Waals surface area contributed by atoms with Crippen LogP contribution in [-0.4, -0.2) is 34.6 Å². The van der Waals surface area contributed by atoms with Gasteiger partial charge in [0.1, 0.15) is 5.60 Å². The smallest absolute Gasteiger partial charge is 0.253 e. The van der Waals surface area contributed by atoms with Crippen molar-refractivity contribution in [2.24, 2.45) is 5.92 Å². The van der Waals surface area contributed by atoms with Crippen molar-refractivity contribution in [2.45, 2.75) is 45.6 Å². The minimum atomic E-state index is -1.22. The lowest BCUT2D eigenvalue weighted by molar-refractivity contribution is -0.148. The van der Waals surface area contributed by atoms with Gasteiger partial charge in [-0.1, -0.05) is 6.42 Å². The number of carbonyl (C=O) groups is 1. The summed E-state index contributed by atoms with van der Waals surface area (Å²) in [5, 5.41) is 9.60. The van der Waals surface area contributed by atoms with Crippen LogP contribution in [0.3, 0.4) is 0 Å². The molecule has 0 aromatic heterocycles. The van der Waals surface area contributed by atoms with Crippen LogP contribution in [-0.2, 0) is 4.79 Å². The van der Waals surface area contributed by atoms with Gasteiger partial charge >= 0.3 is 0 Å². The van der Waals surface area contributed by atoms with Gasteiger partial charge in [-0.05, 0) is 39.5 Å². The number of hydrogen-bond donors (Lipinski definition) is 1. The van der Waals surface area contributed by atoms with E-state index in [1.807, 2.05) is 6.92 Å². The van der Waals surface area contributed by atoms with Gasteiger partial charge in [-0.3, -0.25) is 4.79 Å². The first kappa shape index (κ1) is 11.5. The molecule has 0 unspecified atom stereocenters. The molecule has 1 rings (SSSR count). The molecule has 1 fully saturated rings. The van der Waals surface area contributed by atoms with Gasteiger partial charge in [-0.2, -0.15) is 0 Å². The summed E-state index contributed by atoms with van der Waals surface area (Å²) in [7, 11) is 0. The van der Waals surface area contributed by atoms with Crippen molar-refractivity contribution in [3.8, 4) is 0 Å². The van der Waals surface area contributed by atoms with Crippen LogP contribution >= 0.6 is 0 Å². The monoisotopic (exact) mass is 199 g/mol. The third kappa shape index (κ3) is 2.71. The first-order valence-electron chi connectivity index (χ1n) is 5.47. The third-order valence-electron chi connectivity index (χ3n) is 2.90. The molecule has 0 radical (unpaired) electrons. The quantitative estimate of drug-likeness (QED) is 0.743. The minimum absolute atomic E-state index is 0.146. The molecule has 0 heterocycles. The molecular formula is C11H21NO2. The third-order valence-corrected chi connectivity index (χ3v) is 2.90. The summed E-state index contributed by atoms with van der Waals surface area (Å²) in [6.07, 6.45) is 3.75. The van der Waals surface area contributed by atoms with Gasteiger partial charge in [0.2, 0.25) is 0 Å². The zero-order chi connectivity index (χ0) is 10.8. The second-order valence-electron chi connectivity index (χ2n) is 4.70. The molecule has 1 aliphatic carbocycles. The number of aliphatic hydroxyl groups is 1. The summed E-state index contributed by atoms with van der Waals surface area (Å²) in [6.45, 7) is 6.58. The molecule has 0 saturated heterocycles. The van der Waals surface area contributed by atoms with E-state index in [0.717, 1.165) is 6.54 Å². The summed E-state index contributed by atoms with van der Waals surface area (Å²) in [5.41, 5.74) is -1.22. The fourth-order valence-corrected chi connectivity index (χ4v) is 1.73. The topological polar surface area (TPSA) is 40.5 Å². The molecule has 1 amide bonds. The zero-order valence-electron chi connectivity index (χ0n) is 9.42. The molecule has 14 heavy (non-hydrogen) atoms. The molecular weight excluding hydrogens is 178 g/mol. The van der Waals surface area contributed by atoms with Crippen LogP contribution in [0, 0.1) is 5.92 Å². The fraction of sp³-hybridized carbons (Fsp3) is 0.909. The number of likely N-dealkylation sites (N-methyl/N-ethyl adjacent to an activating group) is 1. The van der Waals surface area contributed by atoms with E-state index in [1.54, 1.807) is 18.7 Å². The number of hydrogen-bond acceptors (Lipinski definition) is 2. The predicted molar refractivity (Wildman–Crippen MR) is 55.9 cm³/mol. The molecule has 1 aliphatic rings. The molecule has 1 N–H and O–H groups in total. The van der Waals surface area contributed by atoms with Gasteiger partial charge in [0, 0.05) is 13.1 Å².